The van der Waals surface area contributed by atoms with Crippen LogP contribution in [0.2, 0.25) is 5.02 Å². The maximum atomic E-state index is 13.5. The van der Waals surface area contributed by atoms with Gasteiger partial charge in [-0.1, -0.05) is 16.8 Å². The van der Waals surface area contributed by atoms with Crippen LogP contribution in [0.4, 0.5) is 4.39 Å². The van der Waals surface area contributed by atoms with E-state index >= 15 is 0 Å². The van der Waals surface area contributed by atoms with Crippen LogP contribution in [0.5, 0.6) is 0 Å². The van der Waals surface area contributed by atoms with Crippen molar-refractivity contribution in [2.24, 2.45) is 0 Å². The van der Waals surface area contributed by atoms with E-state index in [0.717, 1.165) is 25.7 Å². The molecule has 0 N–H and O–H groups in total. The monoisotopic (exact) mass is 407 g/mol. The number of aromatic nitrogens is 2. The van der Waals surface area contributed by atoms with E-state index in [-0.39, 0.29) is 10.9 Å². The number of ether oxygens (including phenoxy) is 1. The summed E-state index contributed by atoms with van der Waals surface area (Å²) in [7, 11) is 1.66. The van der Waals surface area contributed by atoms with Crippen molar-refractivity contribution < 1.29 is 18.4 Å². The Morgan fingerprint density at radius 1 is 1.46 bits per heavy atom. The Morgan fingerprint density at radius 2 is 2.29 bits per heavy atom. The molecule has 1 unspecified atom stereocenters. The van der Waals surface area contributed by atoms with Gasteiger partial charge in [-0.25, -0.2) is 4.39 Å². The lowest BCUT2D eigenvalue weighted by Gasteiger charge is -2.41. The van der Waals surface area contributed by atoms with Crippen LogP contribution in [0.15, 0.2) is 22.7 Å². The predicted octanol–water partition coefficient (Wildman–Crippen LogP) is 3.95. The Labute approximate surface area is 168 Å². The molecule has 4 rings (SSSR count). The fourth-order valence-electron chi connectivity index (χ4n) is 3.86. The lowest BCUT2D eigenvalue weighted by atomic mass is 9.76. The van der Waals surface area contributed by atoms with Crippen LogP contribution in [0.3, 0.4) is 0 Å². The van der Waals surface area contributed by atoms with E-state index in [1.54, 1.807) is 12.0 Å². The number of carbonyl (C=O) groups excluding carboxylic acids is 1. The minimum absolute atomic E-state index is 0.0549. The van der Waals surface area contributed by atoms with Gasteiger partial charge < -0.3 is 14.2 Å². The van der Waals surface area contributed by atoms with Crippen LogP contribution < -0.4 is 0 Å². The highest BCUT2D eigenvalue weighted by Crippen LogP contribution is 2.42. The molecular weight excluding hydrogens is 385 g/mol. The quantitative estimate of drug-likeness (QED) is 0.725. The van der Waals surface area contributed by atoms with Crippen LogP contribution in [-0.4, -0.2) is 47.8 Å². The van der Waals surface area contributed by atoms with Gasteiger partial charge in [0.15, 0.2) is 5.82 Å². The van der Waals surface area contributed by atoms with Crippen LogP contribution in [0.1, 0.15) is 60.1 Å². The number of nitrogens with zero attached hydrogens (tertiary/aromatic N) is 3. The summed E-state index contributed by atoms with van der Waals surface area (Å²) in [5.41, 5.74) is -0.0366. The first-order valence-electron chi connectivity index (χ1n) is 9.60. The SMILES string of the molecule is COCCC1(c2noc(C3CC3)n2)CCCN(C(=O)c2ccc(F)c(Cl)c2)C1. The van der Waals surface area contributed by atoms with Gasteiger partial charge in [0, 0.05) is 38.3 Å². The number of carbonyl (C=O) groups is 1. The van der Waals surface area contributed by atoms with Crippen molar-refractivity contribution in [1.82, 2.24) is 15.0 Å². The molecule has 1 aliphatic heterocycles. The number of methoxy groups -OCH3 is 1. The van der Waals surface area contributed by atoms with Crippen LogP contribution in [0, 0.1) is 5.82 Å². The Hall–Kier alpha value is -1.99. The van der Waals surface area contributed by atoms with E-state index in [4.69, 9.17) is 20.9 Å². The fraction of sp³-hybridized carbons (Fsp3) is 0.550. The second-order valence-electron chi connectivity index (χ2n) is 7.71. The van der Waals surface area contributed by atoms with E-state index in [1.165, 1.54) is 18.2 Å². The van der Waals surface area contributed by atoms with Gasteiger partial charge in [0.2, 0.25) is 5.89 Å². The molecule has 6 nitrogen and oxygen atoms in total. The van der Waals surface area contributed by atoms with E-state index in [9.17, 15) is 9.18 Å². The van der Waals surface area contributed by atoms with Crippen LogP contribution >= 0.6 is 11.6 Å². The molecule has 1 aliphatic carbocycles. The molecule has 150 valence electrons. The van der Waals surface area contributed by atoms with E-state index in [1.807, 2.05) is 0 Å². The summed E-state index contributed by atoms with van der Waals surface area (Å²) < 4.78 is 24.3. The minimum atomic E-state index is -0.536. The topological polar surface area (TPSA) is 68.5 Å². The van der Waals surface area contributed by atoms with Crippen LogP contribution in [0.25, 0.3) is 0 Å². The number of hydrogen-bond donors (Lipinski definition) is 0. The molecule has 1 amide bonds. The molecular formula is C20H23ClFN3O3. The van der Waals surface area contributed by atoms with Crippen molar-refractivity contribution in [2.45, 2.75) is 43.4 Å². The van der Waals surface area contributed by atoms with Crippen molar-refractivity contribution in [3.63, 3.8) is 0 Å². The number of benzene rings is 1. The van der Waals surface area contributed by atoms with Crippen molar-refractivity contribution in [2.75, 3.05) is 26.8 Å². The van der Waals surface area contributed by atoms with Gasteiger partial charge in [0.1, 0.15) is 5.82 Å². The predicted molar refractivity (Wildman–Crippen MR) is 101 cm³/mol. The molecule has 1 aromatic heterocycles. The molecule has 8 heteroatoms. The first kappa shape index (κ1) is 19.3. The second-order valence-corrected chi connectivity index (χ2v) is 8.12. The molecule has 0 bridgehead atoms. The minimum Gasteiger partial charge on any atom is -0.385 e. The molecule has 0 radical (unpaired) electrons. The highest BCUT2D eigenvalue weighted by molar-refractivity contribution is 6.31. The smallest absolute Gasteiger partial charge is 0.253 e. The van der Waals surface area contributed by atoms with Crippen LogP contribution in [-0.2, 0) is 10.2 Å². The second kappa shape index (κ2) is 7.79. The highest BCUT2D eigenvalue weighted by Gasteiger charge is 2.43. The molecule has 1 saturated carbocycles. The van der Waals surface area contributed by atoms with Gasteiger partial charge in [0.25, 0.3) is 5.91 Å². The third-order valence-corrected chi connectivity index (χ3v) is 5.95. The molecule has 2 heterocycles. The molecule has 1 saturated heterocycles. The van der Waals surface area contributed by atoms with Gasteiger partial charge in [-0.15, -0.1) is 0 Å². The standard InChI is InChI=1S/C20H23ClFN3O3/c1-27-10-8-20(19-23-17(28-24-19)13-3-4-13)7-2-9-25(12-20)18(26)14-5-6-16(22)15(21)11-14/h5-6,11,13H,2-4,7-10,12H2,1H3. The van der Waals surface area contributed by atoms with Crippen molar-refractivity contribution >= 4 is 17.5 Å². The van der Waals surface area contributed by atoms with E-state index in [2.05, 4.69) is 10.1 Å². The fourth-order valence-corrected chi connectivity index (χ4v) is 4.04. The summed E-state index contributed by atoms with van der Waals surface area (Å²) in [6.45, 7) is 1.63. The molecule has 28 heavy (non-hydrogen) atoms. The Kier molecular flexibility index (Phi) is 5.38. The Bertz CT molecular complexity index is 870. The van der Waals surface area contributed by atoms with Gasteiger partial charge in [-0.05, 0) is 50.3 Å². The number of likely N-dealkylation sites (tertiary alicyclic amines) is 1. The Morgan fingerprint density at radius 3 is 3.00 bits per heavy atom. The number of piperidine rings is 1. The van der Waals surface area contributed by atoms with Gasteiger partial charge in [-0.3, -0.25) is 4.79 Å². The first-order valence-corrected chi connectivity index (χ1v) is 9.97. The number of halogens is 2. The number of amides is 1. The zero-order chi connectivity index (χ0) is 19.7. The summed E-state index contributed by atoms with van der Waals surface area (Å²) in [5.74, 6) is 1.02. The largest absolute Gasteiger partial charge is 0.385 e. The summed E-state index contributed by atoms with van der Waals surface area (Å²) >= 11 is 5.86. The van der Waals surface area contributed by atoms with Crippen molar-refractivity contribution in [3.05, 3.63) is 46.3 Å². The first-order chi connectivity index (χ1) is 13.5. The summed E-state index contributed by atoms with van der Waals surface area (Å²) in [5, 5.41) is 4.21. The maximum absolute atomic E-state index is 13.5. The molecule has 2 aliphatic rings. The summed E-state index contributed by atoms with van der Waals surface area (Å²) in [6, 6.07) is 4.07. The van der Waals surface area contributed by atoms with Crippen molar-refractivity contribution in [1.29, 1.82) is 0 Å². The van der Waals surface area contributed by atoms with E-state index in [0.29, 0.717) is 49.3 Å². The zero-order valence-electron chi connectivity index (χ0n) is 15.8. The zero-order valence-corrected chi connectivity index (χ0v) is 16.5. The third kappa shape index (κ3) is 3.78. The van der Waals surface area contributed by atoms with Gasteiger partial charge in [-0.2, -0.15) is 4.98 Å². The summed E-state index contributed by atoms with van der Waals surface area (Å²) in [4.78, 5) is 19.5. The third-order valence-electron chi connectivity index (χ3n) is 5.66. The lowest BCUT2D eigenvalue weighted by molar-refractivity contribution is 0.0567. The average Bonchev–Trinajstić information content (AvgIpc) is 3.44. The lowest BCUT2D eigenvalue weighted by Crippen LogP contribution is -2.49. The van der Waals surface area contributed by atoms with Gasteiger partial charge >= 0.3 is 0 Å². The Balaban J connectivity index is 1.59. The molecule has 1 aromatic carbocycles. The maximum Gasteiger partial charge on any atom is 0.253 e. The van der Waals surface area contributed by atoms with E-state index < -0.39 is 11.2 Å². The normalized spacial score (nSPS) is 22.5. The highest BCUT2D eigenvalue weighted by atomic mass is 35.5. The summed E-state index contributed by atoms with van der Waals surface area (Å²) in [6.07, 6.45) is 4.54. The van der Waals surface area contributed by atoms with Crippen molar-refractivity contribution in [3.8, 4) is 0 Å². The molecule has 2 aromatic rings. The molecule has 0 spiro atoms. The van der Waals surface area contributed by atoms with Gasteiger partial charge in [0.05, 0.1) is 10.4 Å². The molecule has 2 fully saturated rings. The number of rotatable bonds is 6. The number of hydrogen-bond acceptors (Lipinski definition) is 5. The molecule has 1 atom stereocenters. The average molecular weight is 408 g/mol.